The molecule has 2 heterocycles. The van der Waals surface area contributed by atoms with Gasteiger partial charge >= 0.3 is 17.9 Å². The number of hydrogen-bond donors (Lipinski definition) is 1. The van der Waals surface area contributed by atoms with Gasteiger partial charge in [-0.15, -0.1) is 0 Å². The lowest BCUT2D eigenvalue weighted by molar-refractivity contribution is -0.277. The summed E-state index contributed by atoms with van der Waals surface area (Å²) in [6, 6.07) is -1.12. The molecule has 13 nitrogen and oxygen atoms in total. The molecule has 0 unspecified atom stereocenters. The van der Waals surface area contributed by atoms with Crippen molar-refractivity contribution in [2.75, 3.05) is 19.8 Å². The van der Waals surface area contributed by atoms with E-state index in [-0.39, 0.29) is 44.4 Å². The Morgan fingerprint density at radius 2 is 1.52 bits per heavy atom. The third-order valence-corrected chi connectivity index (χ3v) is 4.82. The molecule has 3 amide bonds. The smallest absolute Gasteiger partial charge is 0.303 e. The number of hydrogen-bond acceptors (Lipinski definition) is 11. The molecule has 5 atom stereocenters. The lowest BCUT2D eigenvalue weighted by atomic mass is 9.96. The molecule has 2 rings (SSSR count). The molecule has 0 aromatic rings. The van der Waals surface area contributed by atoms with Crippen LogP contribution in [-0.2, 0) is 52.5 Å². The van der Waals surface area contributed by atoms with Gasteiger partial charge in [-0.05, 0) is 0 Å². The SMILES string of the molecule is CC(=O)N[C@@H]1[C@@H](OCCN2C(=O)CCC2=O)O[C@@H](COC(C)=O)[C@@H](OC(C)=O)[C@H]1OC(C)=O. The van der Waals surface area contributed by atoms with E-state index >= 15 is 0 Å². The molecule has 0 aromatic heterocycles. The predicted octanol–water partition coefficient (Wildman–Crippen LogP) is -1.19. The van der Waals surface area contributed by atoms with E-state index in [0.29, 0.717) is 0 Å². The van der Waals surface area contributed by atoms with Crippen LogP contribution in [0.2, 0.25) is 0 Å². The number of amides is 3. The van der Waals surface area contributed by atoms with Crippen molar-refractivity contribution in [1.29, 1.82) is 0 Å². The van der Waals surface area contributed by atoms with Gasteiger partial charge in [-0.25, -0.2) is 0 Å². The zero-order valence-corrected chi connectivity index (χ0v) is 18.9. The van der Waals surface area contributed by atoms with Gasteiger partial charge in [-0.3, -0.25) is 33.7 Å². The summed E-state index contributed by atoms with van der Waals surface area (Å²) in [5, 5.41) is 2.56. The molecule has 2 aliphatic rings. The quantitative estimate of drug-likeness (QED) is 0.244. The molecule has 0 aromatic carbocycles. The Morgan fingerprint density at radius 1 is 0.939 bits per heavy atom. The van der Waals surface area contributed by atoms with E-state index in [1.165, 1.54) is 13.8 Å². The first kappa shape index (κ1) is 26.2. The number of rotatable bonds is 9. The Hall–Kier alpha value is -3.06. The maximum Gasteiger partial charge on any atom is 0.303 e. The number of esters is 3. The van der Waals surface area contributed by atoms with Crippen molar-refractivity contribution >= 4 is 35.6 Å². The molecule has 2 saturated heterocycles. The summed E-state index contributed by atoms with van der Waals surface area (Å²) in [6.07, 6.45) is -4.59. The Bertz CT molecular complexity index is 783. The molecule has 0 bridgehead atoms. The summed E-state index contributed by atoms with van der Waals surface area (Å²) < 4.78 is 27.2. The van der Waals surface area contributed by atoms with E-state index in [0.717, 1.165) is 18.7 Å². The van der Waals surface area contributed by atoms with Crippen LogP contribution >= 0.6 is 0 Å². The fourth-order valence-corrected chi connectivity index (χ4v) is 3.57. The molecular formula is C20H28N2O11. The van der Waals surface area contributed by atoms with E-state index in [9.17, 15) is 28.8 Å². The molecule has 1 N–H and O–H groups in total. The van der Waals surface area contributed by atoms with Crippen molar-refractivity contribution in [3.8, 4) is 0 Å². The number of ether oxygens (including phenoxy) is 5. The van der Waals surface area contributed by atoms with Gasteiger partial charge in [-0.2, -0.15) is 0 Å². The maximum absolute atomic E-state index is 11.8. The first-order chi connectivity index (χ1) is 15.5. The first-order valence-corrected chi connectivity index (χ1v) is 10.3. The summed E-state index contributed by atoms with van der Waals surface area (Å²) in [5.41, 5.74) is 0. The summed E-state index contributed by atoms with van der Waals surface area (Å²) in [5.74, 6) is -3.25. The van der Waals surface area contributed by atoms with Gasteiger partial charge in [0.15, 0.2) is 18.5 Å². The molecule has 0 saturated carbocycles. The van der Waals surface area contributed by atoms with Crippen LogP contribution in [0.5, 0.6) is 0 Å². The average Bonchev–Trinajstić information content (AvgIpc) is 3.01. The van der Waals surface area contributed by atoms with Gasteiger partial charge in [0, 0.05) is 40.5 Å². The van der Waals surface area contributed by atoms with Crippen LogP contribution in [0.3, 0.4) is 0 Å². The topological polar surface area (TPSA) is 164 Å². The Balaban J connectivity index is 2.27. The van der Waals surface area contributed by atoms with Crippen LogP contribution in [0.4, 0.5) is 0 Å². The third-order valence-electron chi connectivity index (χ3n) is 4.82. The molecule has 2 fully saturated rings. The summed E-state index contributed by atoms with van der Waals surface area (Å²) >= 11 is 0. The second-order valence-electron chi connectivity index (χ2n) is 7.53. The van der Waals surface area contributed by atoms with Crippen LogP contribution < -0.4 is 5.32 Å². The molecule has 2 aliphatic heterocycles. The maximum atomic E-state index is 11.8. The average molecular weight is 472 g/mol. The van der Waals surface area contributed by atoms with Gasteiger partial charge in [-0.1, -0.05) is 0 Å². The Labute approximate surface area is 190 Å². The molecule has 0 radical (unpaired) electrons. The number of likely N-dealkylation sites (tertiary alicyclic amines) is 1. The Kier molecular flexibility index (Phi) is 9.29. The van der Waals surface area contributed by atoms with Crippen molar-refractivity contribution in [2.45, 2.75) is 71.2 Å². The zero-order chi connectivity index (χ0) is 24.7. The first-order valence-electron chi connectivity index (χ1n) is 10.3. The molecule has 0 aliphatic carbocycles. The second kappa shape index (κ2) is 11.7. The highest BCUT2D eigenvalue weighted by molar-refractivity contribution is 6.01. The van der Waals surface area contributed by atoms with Gasteiger partial charge in [0.1, 0.15) is 18.8 Å². The predicted molar refractivity (Wildman–Crippen MR) is 106 cm³/mol. The lowest BCUT2D eigenvalue weighted by Crippen LogP contribution is -2.66. The van der Waals surface area contributed by atoms with Gasteiger partial charge in [0.25, 0.3) is 0 Å². The fourth-order valence-electron chi connectivity index (χ4n) is 3.57. The summed E-state index contributed by atoms with van der Waals surface area (Å²) in [6.45, 7) is 4.09. The monoisotopic (exact) mass is 472 g/mol. The third kappa shape index (κ3) is 7.49. The van der Waals surface area contributed by atoms with E-state index < -0.39 is 54.5 Å². The van der Waals surface area contributed by atoms with Gasteiger partial charge < -0.3 is 29.0 Å². The summed E-state index contributed by atoms with van der Waals surface area (Å²) in [7, 11) is 0. The van der Waals surface area contributed by atoms with Crippen molar-refractivity contribution in [3.05, 3.63) is 0 Å². The van der Waals surface area contributed by atoms with E-state index in [2.05, 4.69) is 5.32 Å². The van der Waals surface area contributed by atoms with E-state index in [1.54, 1.807) is 0 Å². The van der Waals surface area contributed by atoms with Crippen LogP contribution in [0.1, 0.15) is 40.5 Å². The van der Waals surface area contributed by atoms with Crippen LogP contribution in [0.25, 0.3) is 0 Å². The van der Waals surface area contributed by atoms with Crippen LogP contribution in [-0.4, -0.2) is 90.9 Å². The minimum atomic E-state index is -1.25. The fraction of sp³-hybridized carbons (Fsp3) is 0.700. The molecule has 184 valence electrons. The number of carbonyl (C=O) groups is 6. The molecule has 13 heteroatoms. The van der Waals surface area contributed by atoms with Crippen LogP contribution in [0.15, 0.2) is 0 Å². The second-order valence-corrected chi connectivity index (χ2v) is 7.53. The Morgan fingerprint density at radius 3 is 2.03 bits per heavy atom. The lowest BCUT2D eigenvalue weighted by Gasteiger charge is -2.45. The van der Waals surface area contributed by atoms with Crippen molar-refractivity contribution < 1.29 is 52.5 Å². The molecular weight excluding hydrogens is 444 g/mol. The van der Waals surface area contributed by atoms with Crippen molar-refractivity contribution in [3.63, 3.8) is 0 Å². The molecule has 33 heavy (non-hydrogen) atoms. The van der Waals surface area contributed by atoms with Gasteiger partial charge in [0.2, 0.25) is 17.7 Å². The number of imide groups is 1. The van der Waals surface area contributed by atoms with E-state index in [4.69, 9.17) is 23.7 Å². The minimum Gasteiger partial charge on any atom is -0.463 e. The summed E-state index contributed by atoms with van der Waals surface area (Å²) in [4.78, 5) is 71.3. The normalized spacial score (nSPS) is 27.2. The molecule has 0 spiro atoms. The van der Waals surface area contributed by atoms with Crippen molar-refractivity contribution in [1.82, 2.24) is 10.2 Å². The minimum absolute atomic E-state index is 0.0511. The number of nitrogens with one attached hydrogen (secondary N) is 1. The highest BCUT2D eigenvalue weighted by atomic mass is 16.7. The number of carbonyl (C=O) groups excluding carboxylic acids is 6. The highest BCUT2D eigenvalue weighted by Gasteiger charge is 2.51. The highest BCUT2D eigenvalue weighted by Crippen LogP contribution is 2.28. The largest absolute Gasteiger partial charge is 0.463 e. The van der Waals surface area contributed by atoms with Crippen LogP contribution in [0, 0.1) is 0 Å². The van der Waals surface area contributed by atoms with Gasteiger partial charge in [0.05, 0.1) is 13.2 Å². The number of nitrogens with zero attached hydrogens (tertiary/aromatic N) is 1. The zero-order valence-electron chi connectivity index (χ0n) is 18.9. The standard InChI is InChI=1S/C20H28N2O11/c1-10(23)21-17-19(32-13(4)26)18(31-12(3)25)14(9-30-11(2)24)33-20(17)29-8-7-22-15(27)5-6-16(22)28/h14,17-20H,5-9H2,1-4H3,(H,21,23)/t14-,17-,18+,19-,20-/m0/s1. The van der Waals surface area contributed by atoms with Crippen molar-refractivity contribution in [2.24, 2.45) is 0 Å². The van der Waals surface area contributed by atoms with E-state index in [1.807, 2.05) is 0 Å².